The zero-order valence-electron chi connectivity index (χ0n) is 31.6. The van der Waals surface area contributed by atoms with E-state index in [0.717, 1.165) is 143 Å². The Balaban J connectivity index is 2.46. The van der Waals surface area contributed by atoms with Crippen molar-refractivity contribution in [2.75, 3.05) is 18.5 Å². The number of unbranched alkanes of at least 4 members (excludes halogenated alkanes) is 9. The molecule has 0 fully saturated rings. The van der Waals surface area contributed by atoms with E-state index in [1.165, 1.54) is 24.0 Å². The summed E-state index contributed by atoms with van der Waals surface area (Å²) in [6, 6.07) is 19.0. The topological polar surface area (TPSA) is 43.4 Å². The molecule has 0 saturated carbocycles. The summed E-state index contributed by atoms with van der Waals surface area (Å²) in [5.41, 5.74) is 3.77. The van der Waals surface area contributed by atoms with Crippen LogP contribution >= 0.6 is 6.83 Å². The second kappa shape index (κ2) is 20.2. The van der Waals surface area contributed by atoms with Crippen LogP contribution in [0.1, 0.15) is 155 Å². The first-order valence-corrected chi connectivity index (χ1v) is 24.0. The fourth-order valence-corrected chi connectivity index (χ4v) is 18.0. The van der Waals surface area contributed by atoms with E-state index in [9.17, 15) is 0 Å². The predicted octanol–water partition coefficient (Wildman–Crippen LogP) is 12.9. The van der Waals surface area contributed by atoms with Gasteiger partial charge in [-0.05, 0) is 0 Å². The average molecular weight is 697 g/mol. The van der Waals surface area contributed by atoms with Gasteiger partial charge >= 0.3 is 297 Å². The monoisotopic (exact) mass is 696 g/mol. The van der Waals surface area contributed by atoms with Gasteiger partial charge in [-0.3, -0.25) is 0 Å². The second-order valence-electron chi connectivity index (χ2n) is 14.4. The molecule has 3 aromatic carbocycles. The van der Waals surface area contributed by atoms with Crippen LogP contribution in [0.5, 0.6) is 0 Å². The van der Waals surface area contributed by atoms with Gasteiger partial charge in [0.1, 0.15) is 0 Å². The van der Waals surface area contributed by atoms with E-state index < -0.39 is 16.9 Å². The van der Waals surface area contributed by atoms with Crippen molar-refractivity contribution in [1.29, 1.82) is 0 Å². The van der Waals surface area contributed by atoms with Gasteiger partial charge < -0.3 is 0 Å². The van der Waals surface area contributed by atoms with Crippen LogP contribution < -0.4 is 5.30 Å². The molecule has 5 heteroatoms. The Labute approximate surface area is 296 Å². The van der Waals surface area contributed by atoms with Crippen LogP contribution in [-0.2, 0) is 33.4 Å². The third-order valence-electron chi connectivity index (χ3n) is 10.6. The summed E-state index contributed by atoms with van der Waals surface area (Å²) >= 11 is 0. The van der Waals surface area contributed by atoms with Crippen molar-refractivity contribution < 1.29 is 12.4 Å². The van der Waals surface area contributed by atoms with E-state index in [1.807, 2.05) is 6.07 Å². The molecule has 48 heavy (non-hydrogen) atoms. The summed E-state index contributed by atoms with van der Waals surface area (Å²) < 4.78 is 38.7. The summed E-state index contributed by atoms with van der Waals surface area (Å²) in [4.78, 5) is 0.495. The number of rotatable bonds is 25. The predicted molar refractivity (Wildman–Crippen MR) is 214 cm³/mol. The first-order chi connectivity index (χ1) is 23.3. The standard InChI is InChI=1S/C43H69O3PS/c1-7-13-20-29-38-39(30-21-14-8-2)41(32-22-15-9-3)43(42-33-26-25-31-40(38)42)48(44,45)46-47(34-16-10-4,35-17-11-5,36-18-12-6)37-27-23-19-24-28-37/h19,23-28,31,33H,7-18,20-22,29-30,32,34-36H2,1-6H3. The molecule has 3 rings (SSSR count). The first kappa shape index (κ1) is 40.7. The maximum absolute atomic E-state index is 15.6. The molecule has 0 spiro atoms. The normalized spacial score (nSPS) is 13.2. The Bertz CT molecular complexity index is 1460. The van der Waals surface area contributed by atoms with Crippen molar-refractivity contribution in [1.82, 2.24) is 0 Å². The van der Waals surface area contributed by atoms with E-state index in [4.69, 9.17) is 3.97 Å². The number of benzene rings is 3. The van der Waals surface area contributed by atoms with Crippen LogP contribution in [0.2, 0.25) is 0 Å². The summed E-state index contributed by atoms with van der Waals surface area (Å²) in [6.45, 7) is 9.98. The third kappa shape index (κ3) is 9.95. The summed E-state index contributed by atoms with van der Waals surface area (Å²) in [7, 11) is -4.15. The quantitative estimate of drug-likeness (QED) is 0.0654. The van der Waals surface area contributed by atoms with E-state index in [1.54, 1.807) is 0 Å². The Morgan fingerprint density at radius 2 is 0.896 bits per heavy atom. The number of hydrogen-bond donors (Lipinski definition) is 0. The zero-order valence-corrected chi connectivity index (χ0v) is 33.3. The van der Waals surface area contributed by atoms with Crippen molar-refractivity contribution in [3.05, 3.63) is 71.3 Å². The van der Waals surface area contributed by atoms with Crippen LogP contribution in [0.15, 0.2) is 59.5 Å². The zero-order chi connectivity index (χ0) is 34.9. The van der Waals surface area contributed by atoms with Gasteiger partial charge in [-0.15, -0.1) is 0 Å². The molecular weight excluding hydrogens is 628 g/mol. The SMILES string of the molecule is CCCCCc1c(CCCCC)c(S(=O)(=O)OP(CCCC)(CCCC)(CCCC)c2ccccc2)c2ccccc2c1CCCCC. The molecule has 3 aromatic rings. The summed E-state index contributed by atoms with van der Waals surface area (Å²) in [6.07, 6.45) is 21.3. The Morgan fingerprint density at radius 3 is 1.38 bits per heavy atom. The minimum atomic E-state index is -4.15. The van der Waals surface area contributed by atoms with E-state index in [0.29, 0.717) is 4.90 Å². The molecule has 0 bridgehead atoms. The molecule has 0 aliphatic carbocycles. The van der Waals surface area contributed by atoms with Gasteiger partial charge in [-0.2, -0.15) is 0 Å². The molecule has 0 aliphatic rings. The fraction of sp³-hybridized carbons (Fsp3) is 0.628. The Morgan fingerprint density at radius 1 is 0.479 bits per heavy atom. The molecule has 0 aliphatic heterocycles. The minimum absolute atomic E-state index is 0.495. The van der Waals surface area contributed by atoms with Crippen molar-refractivity contribution in [2.24, 2.45) is 0 Å². The van der Waals surface area contributed by atoms with Crippen LogP contribution in [0.3, 0.4) is 0 Å². The Hall–Kier alpha value is -1.74. The summed E-state index contributed by atoms with van der Waals surface area (Å²) in [5, 5.41) is 3.15. The maximum atomic E-state index is 15.6. The van der Waals surface area contributed by atoms with Crippen molar-refractivity contribution >= 4 is 33.0 Å². The number of aryl methyl sites for hydroxylation is 1. The van der Waals surface area contributed by atoms with Gasteiger partial charge in [0.05, 0.1) is 0 Å². The summed E-state index contributed by atoms with van der Waals surface area (Å²) in [5.74, 6) is 0. The average Bonchev–Trinajstić information content (AvgIpc) is 3.10. The molecule has 0 saturated heterocycles. The Kier molecular flexibility index (Phi) is 17.1. The molecule has 0 aromatic heterocycles. The molecular formula is C43H69O3PS. The van der Waals surface area contributed by atoms with Crippen LogP contribution in [-0.4, -0.2) is 26.9 Å². The van der Waals surface area contributed by atoms with Gasteiger partial charge in [-0.25, -0.2) is 0 Å². The van der Waals surface area contributed by atoms with Gasteiger partial charge in [-0.1, -0.05) is 0 Å². The molecule has 3 nitrogen and oxygen atoms in total. The molecule has 0 heterocycles. The van der Waals surface area contributed by atoms with E-state index in [-0.39, 0.29) is 0 Å². The molecule has 0 amide bonds. The third-order valence-corrected chi connectivity index (χ3v) is 19.6. The van der Waals surface area contributed by atoms with Crippen LogP contribution in [0, 0.1) is 0 Å². The molecule has 270 valence electrons. The molecule has 0 N–H and O–H groups in total. The molecule has 0 radical (unpaired) electrons. The number of fused-ring (bicyclic) bond motifs is 1. The van der Waals surface area contributed by atoms with Crippen LogP contribution in [0.25, 0.3) is 10.8 Å². The van der Waals surface area contributed by atoms with Crippen LogP contribution in [0.4, 0.5) is 0 Å². The fourth-order valence-electron chi connectivity index (χ4n) is 7.93. The molecule has 0 atom stereocenters. The first-order valence-electron chi connectivity index (χ1n) is 19.9. The van der Waals surface area contributed by atoms with Crippen molar-refractivity contribution in [3.63, 3.8) is 0 Å². The molecule has 0 unspecified atom stereocenters. The van der Waals surface area contributed by atoms with Gasteiger partial charge in [0, 0.05) is 0 Å². The number of hydrogen-bond acceptors (Lipinski definition) is 3. The van der Waals surface area contributed by atoms with Gasteiger partial charge in [0.25, 0.3) is 0 Å². The van der Waals surface area contributed by atoms with Gasteiger partial charge in [0.15, 0.2) is 0 Å². The van der Waals surface area contributed by atoms with Gasteiger partial charge in [0.2, 0.25) is 0 Å². The van der Waals surface area contributed by atoms with Crippen molar-refractivity contribution in [2.45, 2.75) is 162 Å². The van der Waals surface area contributed by atoms with E-state index >= 15 is 8.42 Å². The van der Waals surface area contributed by atoms with E-state index in [2.05, 4.69) is 90.1 Å². The van der Waals surface area contributed by atoms with Crippen molar-refractivity contribution in [3.8, 4) is 0 Å². The second-order valence-corrected chi connectivity index (χ2v) is 21.4.